The largest absolute Gasteiger partial charge is 0.468 e. The summed E-state index contributed by atoms with van der Waals surface area (Å²) in [7, 11) is 1.41. The number of nitrogens with zero attached hydrogens (tertiary/aromatic N) is 2. The van der Waals surface area contributed by atoms with E-state index < -0.39 is 0 Å². The highest BCUT2D eigenvalue weighted by Crippen LogP contribution is 2.20. The molecule has 1 aliphatic heterocycles. The van der Waals surface area contributed by atoms with Crippen LogP contribution in [-0.4, -0.2) is 48.8 Å². The van der Waals surface area contributed by atoms with Gasteiger partial charge in [0.2, 0.25) is 0 Å². The van der Waals surface area contributed by atoms with Crippen molar-refractivity contribution in [2.24, 2.45) is 0 Å². The lowest BCUT2D eigenvalue weighted by atomic mass is 10.1. The minimum absolute atomic E-state index is 0.247. The first-order valence-electron chi connectivity index (χ1n) is 7.02. The van der Waals surface area contributed by atoms with Crippen LogP contribution in [-0.2, 0) is 20.8 Å². The lowest BCUT2D eigenvalue weighted by molar-refractivity contribution is -0.153. The highest BCUT2D eigenvalue weighted by Gasteiger charge is 2.30. The van der Waals surface area contributed by atoms with Crippen molar-refractivity contribution in [1.29, 1.82) is 0 Å². The predicted octanol–water partition coefficient (Wildman–Crippen LogP) is 1.61. The van der Waals surface area contributed by atoms with Crippen molar-refractivity contribution in [3.05, 3.63) is 42.1 Å². The number of hydrogen-bond acceptors (Lipinski definition) is 5. The zero-order valence-corrected chi connectivity index (χ0v) is 12.0. The van der Waals surface area contributed by atoms with E-state index in [0.717, 1.165) is 16.5 Å². The molecule has 0 radical (unpaired) electrons. The molecule has 21 heavy (non-hydrogen) atoms. The van der Waals surface area contributed by atoms with E-state index in [1.54, 1.807) is 6.20 Å². The van der Waals surface area contributed by atoms with Crippen LogP contribution in [0.4, 0.5) is 0 Å². The van der Waals surface area contributed by atoms with Gasteiger partial charge in [-0.15, -0.1) is 0 Å². The van der Waals surface area contributed by atoms with Gasteiger partial charge < -0.3 is 9.47 Å². The van der Waals surface area contributed by atoms with Crippen molar-refractivity contribution >= 4 is 16.9 Å². The zero-order chi connectivity index (χ0) is 14.7. The Hall–Kier alpha value is -1.98. The zero-order valence-electron chi connectivity index (χ0n) is 12.0. The molecule has 5 heteroatoms. The summed E-state index contributed by atoms with van der Waals surface area (Å²) in [4.78, 5) is 18.4. The molecule has 0 bridgehead atoms. The quantitative estimate of drug-likeness (QED) is 0.802. The number of morpholine rings is 1. The predicted molar refractivity (Wildman–Crippen MR) is 78.8 cm³/mol. The van der Waals surface area contributed by atoms with Crippen LogP contribution in [0.2, 0.25) is 0 Å². The number of hydrogen-bond donors (Lipinski definition) is 0. The van der Waals surface area contributed by atoms with Crippen molar-refractivity contribution in [2.45, 2.75) is 12.6 Å². The number of ether oxygens (including phenoxy) is 2. The van der Waals surface area contributed by atoms with Crippen LogP contribution in [0.3, 0.4) is 0 Å². The van der Waals surface area contributed by atoms with E-state index in [9.17, 15) is 4.79 Å². The molecule has 1 aromatic heterocycles. The van der Waals surface area contributed by atoms with Gasteiger partial charge in [-0.05, 0) is 11.6 Å². The molecule has 1 saturated heterocycles. The van der Waals surface area contributed by atoms with Gasteiger partial charge in [0.15, 0.2) is 0 Å². The first-order chi connectivity index (χ1) is 10.3. The first-order valence-corrected chi connectivity index (χ1v) is 7.02. The smallest absolute Gasteiger partial charge is 0.325 e. The first kappa shape index (κ1) is 14.0. The Balaban J connectivity index is 1.88. The normalized spacial score (nSPS) is 19.6. The molecular weight excluding hydrogens is 268 g/mol. The molecule has 0 spiro atoms. The van der Waals surface area contributed by atoms with Crippen LogP contribution >= 0.6 is 0 Å². The lowest BCUT2D eigenvalue weighted by Gasteiger charge is -2.33. The number of rotatable bonds is 3. The molecule has 1 aromatic carbocycles. The molecule has 110 valence electrons. The number of fused-ring (bicyclic) bond motifs is 1. The molecule has 0 saturated carbocycles. The molecule has 3 rings (SSSR count). The van der Waals surface area contributed by atoms with Gasteiger partial charge in [0, 0.05) is 24.7 Å². The Morgan fingerprint density at radius 2 is 2.29 bits per heavy atom. The SMILES string of the molecule is COC(=O)C1COCCN1Cc1cccc2cccnc12. The van der Waals surface area contributed by atoms with Gasteiger partial charge in [-0.2, -0.15) is 0 Å². The standard InChI is InChI=1S/C16H18N2O3/c1-20-16(19)14-11-21-9-8-18(14)10-13-5-2-4-12-6-3-7-17-15(12)13/h2-7,14H,8-11H2,1H3. The molecule has 0 aliphatic carbocycles. The van der Waals surface area contributed by atoms with E-state index in [0.29, 0.717) is 26.3 Å². The number of methoxy groups -OCH3 is 1. The third-order valence-electron chi connectivity index (χ3n) is 3.80. The summed E-state index contributed by atoms with van der Waals surface area (Å²) >= 11 is 0. The third kappa shape index (κ3) is 2.89. The number of aromatic nitrogens is 1. The average molecular weight is 286 g/mol. The van der Waals surface area contributed by atoms with Gasteiger partial charge in [-0.1, -0.05) is 24.3 Å². The summed E-state index contributed by atoms with van der Waals surface area (Å²) in [6, 6.07) is 9.75. The summed E-state index contributed by atoms with van der Waals surface area (Å²) in [6.45, 7) is 2.39. The van der Waals surface area contributed by atoms with Gasteiger partial charge in [0.1, 0.15) is 6.04 Å². The summed E-state index contributed by atoms with van der Waals surface area (Å²) in [5, 5.41) is 1.11. The highest BCUT2D eigenvalue weighted by molar-refractivity contribution is 5.81. The molecular formula is C16H18N2O3. The average Bonchev–Trinajstić information content (AvgIpc) is 2.55. The molecule has 0 N–H and O–H groups in total. The Labute approximate surface area is 123 Å². The maximum atomic E-state index is 11.9. The second-order valence-electron chi connectivity index (χ2n) is 5.08. The number of para-hydroxylation sites is 1. The Morgan fingerprint density at radius 3 is 3.14 bits per heavy atom. The Bertz CT molecular complexity index is 639. The second-order valence-corrected chi connectivity index (χ2v) is 5.08. The van der Waals surface area contributed by atoms with Crippen LogP contribution in [0.15, 0.2) is 36.5 Å². The molecule has 2 aromatic rings. The minimum Gasteiger partial charge on any atom is -0.468 e. The topological polar surface area (TPSA) is 51.7 Å². The number of carbonyl (C=O) groups is 1. The van der Waals surface area contributed by atoms with E-state index in [1.165, 1.54) is 7.11 Å². The maximum absolute atomic E-state index is 11.9. The number of esters is 1. The van der Waals surface area contributed by atoms with E-state index in [4.69, 9.17) is 9.47 Å². The second kappa shape index (κ2) is 6.20. The van der Waals surface area contributed by atoms with E-state index >= 15 is 0 Å². The molecule has 1 atom stereocenters. The third-order valence-corrected chi connectivity index (χ3v) is 3.80. The fraction of sp³-hybridized carbons (Fsp3) is 0.375. The van der Waals surface area contributed by atoms with Crippen LogP contribution in [0.25, 0.3) is 10.9 Å². The molecule has 1 unspecified atom stereocenters. The van der Waals surface area contributed by atoms with E-state index in [1.807, 2.05) is 24.3 Å². The summed E-state index contributed by atoms with van der Waals surface area (Å²) in [6.07, 6.45) is 1.79. The summed E-state index contributed by atoms with van der Waals surface area (Å²) in [5.74, 6) is -0.247. The van der Waals surface area contributed by atoms with Gasteiger partial charge in [-0.3, -0.25) is 14.7 Å². The monoisotopic (exact) mass is 286 g/mol. The number of carbonyl (C=O) groups excluding carboxylic acids is 1. The van der Waals surface area contributed by atoms with Gasteiger partial charge in [-0.25, -0.2) is 0 Å². The van der Waals surface area contributed by atoms with Crippen LogP contribution in [0.1, 0.15) is 5.56 Å². The van der Waals surface area contributed by atoms with Crippen LogP contribution in [0, 0.1) is 0 Å². The van der Waals surface area contributed by atoms with Crippen LogP contribution in [0.5, 0.6) is 0 Å². The molecule has 5 nitrogen and oxygen atoms in total. The van der Waals surface area contributed by atoms with E-state index in [-0.39, 0.29) is 12.0 Å². The van der Waals surface area contributed by atoms with Crippen LogP contribution < -0.4 is 0 Å². The summed E-state index contributed by atoms with van der Waals surface area (Å²) < 4.78 is 10.3. The fourth-order valence-corrected chi connectivity index (χ4v) is 2.69. The van der Waals surface area contributed by atoms with Gasteiger partial charge >= 0.3 is 5.97 Å². The molecule has 1 fully saturated rings. The van der Waals surface area contributed by atoms with Crippen molar-refractivity contribution < 1.29 is 14.3 Å². The van der Waals surface area contributed by atoms with Gasteiger partial charge in [0.25, 0.3) is 0 Å². The Morgan fingerprint density at radius 1 is 1.43 bits per heavy atom. The lowest BCUT2D eigenvalue weighted by Crippen LogP contribution is -2.49. The molecule has 2 heterocycles. The number of benzene rings is 1. The maximum Gasteiger partial charge on any atom is 0.325 e. The summed E-state index contributed by atoms with van der Waals surface area (Å²) in [5.41, 5.74) is 2.10. The number of pyridine rings is 1. The Kier molecular flexibility index (Phi) is 4.13. The highest BCUT2D eigenvalue weighted by atomic mass is 16.5. The minimum atomic E-state index is -0.345. The van der Waals surface area contributed by atoms with Crippen molar-refractivity contribution in [2.75, 3.05) is 26.9 Å². The molecule has 0 amide bonds. The molecule has 1 aliphatic rings. The van der Waals surface area contributed by atoms with Crippen molar-refractivity contribution in [1.82, 2.24) is 9.88 Å². The fourth-order valence-electron chi connectivity index (χ4n) is 2.69. The van der Waals surface area contributed by atoms with Crippen molar-refractivity contribution in [3.63, 3.8) is 0 Å². The van der Waals surface area contributed by atoms with E-state index in [2.05, 4.69) is 16.0 Å². The van der Waals surface area contributed by atoms with Gasteiger partial charge in [0.05, 0.1) is 25.8 Å². The van der Waals surface area contributed by atoms with Crippen molar-refractivity contribution in [3.8, 4) is 0 Å².